The van der Waals surface area contributed by atoms with Crippen LogP contribution < -0.4 is 14.4 Å². The van der Waals surface area contributed by atoms with E-state index >= 15 is 0 Å². The number of sulfonamides is 1. The third kappa shape index (κ3) is 5.15. The van der Waals surface area contributed by atoms with E-state index in [0.29, 0.717) is 17.2 Å². The zero-order valence-electron chi connectivity index (χ0n) is 16.4. The van der Waals surface area contributed by atoms with E-state index in [1.807, 2.05) is 18.2 Å². The number of hydrogen-bond acceptors (Lipinski definition) is 4. The van der Waals surface area contributed by atoms with Gasteiger partial charge in [0, 0.05) is 0 Å². The number of para-hydroxylation sites is 3. The van der Waals surface area contributed by atoms with Crippen LogP contribution in [0.25, 0.3) is 0 Å². The molecule has 0 aliphatic heterocycles. The zero-order valence-corrected chi connectivity index (χ0v) is 17.3. The molecule has 30 heavy (non-hydrogen) atoms. The molecule has 3 rings (SSSR count). The second-order valence-electron chi connectivity index (χ2n) is 6.62. The molecule has 1 unspecified atom stereocenters. The van der Waals surface area contributed by atoms with E-state index in [0.717, 1.165) is 16.6 Å². The molecule has 0 saturated carbocycles. The van der Waals surface area contributed by atoms with Crippen LogP contribution in [-0.2, 0) is 14.8 Å². The number of halogens is 1. The minimum absolute atomic E-state index is 0.0639. The fourth-order valence-electron chi connectivity index (χ4n) is 2.93. The highest BCUT2D eigenvalue weighted by molar-refractivity contribution is 7.92. The lowest BCUT2D eigenvalue weighted by atomic mass is 10.2. The summed E-state index contributed by atoms with van der Waals surface area (Å²) in [5.74, 6) is -0.199. The molecule has 0 heterocycles. The molecule has 0 saturated heterocycles. The molecule has 0 spiro atoms. The van der Waals surface area contributed by atoms with Gasteiger partial charge in [-0.2, -0.15) is 0 Å². The number of nitrogens with zero attached hydrogens (tertiary/aromatic N) is 1. The summed E-state index contributed by atoms with van der Waals surface area (Å²) < 4.78 is 45.0. The van der Waals surface area contributed by atoms with Crippen LogP contribution in [0, 0.1) is 5.82 Å². The molecule has 0 bridgehead atoms. The Hall–Kier alpha value is -3.39. The van der Waals surface area contributed by atoms with Gasteiger partial charge in [-0.05, 0) is 49.4 Å². The first-order chi connectivity index (χ1) is 14.3. The minimum Gasteiger partial charge on any atom is -0.455 e. The number of carbonyl (C=O) groups is 1. The van der Waals surface area contributed by atoms with Gasteiger partial charge in [-0.25, -0.2) is 12.8 Å². The third-order valence-corrected chi connectivity index (χ3v) is 5.51. The highest BCUT2D eigenvalue weighted by Gasteiger charge is 2.29. The number of anilines is 2. The van der Waals surface area contributed by atoms with Gasteiger partial charge in [0.1, 0.15) is 17.6 Å². The van der Waals surface area contributed by atoms with Crippen LogP contribution in [0.2, 0.25) is 0 Å². The summed E-state index contributed by atoms with van der Waals surface area (Å²) in [6, 6.07) is 19.8. The van der Waals surface area contributed by atoms with Crippen molar-refractivity contribution >= 4 is 27.3 Å². The van der Waals surface area contributed by atoms with Crippen LogP contribution in [0.5, 0.6) is 11.5 Å². The number of benzene rings is 3. The molecule has 0 radical (unpaired) electrons. The first-order valence-electron chi connectivity index (χ1n) is 9.13. The Bertz CT molecular complexity index is 1140. The standard InChI is InChI=1S/C22H21FN2O4S/c1-16(25(30(2,27)28)18-10-8-9-17(23)15-18)22(26)24-20-13-6-7-14-21(20)29-19-11-4-3-5-12-19/h3-16H,1-2H3,(H,24,26). The van der Waals surface area contributed by atoms with Gasteiger partial charge in [0.05, 0.1) is 17.6 Å². The summed E-state index contributed by atoms with van der Waals surface area (Å²) in [5.41, 5.74) is 0.444. The Balaban J connectivity index is 1.86. The molecule has 156 valence electrons. The quantitative estimate of drug-likeness (QED) is 0.605. The van der Waals surface area contributed by atoms with Gasteiger partial charge >= 0.3 is 0 Å². The van der Waals surface area contributed by atoms with E-state index in [-0.39, 0.29) is 5.69 Å². The molecule has 1 N–H and O–H groups in total. The molecule has 0 aliphatic rings. The predicted molar refractivity (Wildman–Crippen MR) is 115 cm³/mol. The first kappa shape index (κ1) is 21.3. The molecule has 0 aromatic heterocycles. The highest BCUT2D eigenvalue weighted by Crippen LogP contribution is 2.30. The molecular weight excluding hydrogens is 407 g/mol. The summed E-state index contributed by atoms with van der Waals surface area (Å²) in [6.45, 7) is 1.43. The SMILES string of the molecule is CC(C(=O)Nc1ccccc1Oc1ccccc1)N(c1cccc(F)c1)S(C)(=O)=O. The number of hydrogen-bond donors (Lipinski definition) is 1. The maximum Gasteiger partial charge on any atom is 0.248 e. The Morgan fingerprint density at radius 2 is 1.67 bits per heavy atom. The number of nitrogens with one attached hydrogen (secondary N) is 1. The lowest BCUT2D eigenvalue weighted by Crippen LogP contribution is -2.45. The van der Waals surface area contributed by atoms with Crippen LogP contribution in [0.4, 0.5) is 15.8 Å². The second-order valence-corrected chi connectivity index (χ2v) is 8.47. The van der Waals surface area contributed by atoms with Crippen molar-refractivity contribution in [3.63, 3.8) is 0 Å². The minimum atomic E-state index is -3.86. The van der Waals surface area contributed by atoms with Gasteiger partial charge < -0.3 is 10.1 Å². The molecule has 3 aromatic carbocycles. The van der Waals surface area contributed by atoms with E-state index in [2.05, 4.69) is 5.32 Å². The van der Waals surface area contributed by atoms with Gasteiger partial charge in [-0.15, -0.1) is 0 Å². The fourth-order valence-corrected chi connectivity index (χ4v) is 4.10. The van der Waals surface area contributed by atoms with E-state index in [1.165, 1.54) is 25.1 Å². The summed E-state index contributed by atoms with van der Waals surface area (Å²) in [7, 11) is -3.86. The van der Waals surface area contributed by atoms with Gasteiger partial charge in [-0.1, -0.05) is 36.4 Å². The zero-order chi connectivity index (χ0) is 21.7. The molecule has 1 atom stereocenters. The van der Waals surface area contributed by atoms with Crippen molar-refractivity contribution in [3.05, 3.63) is 84.7 Å². The average Bonchev–Trinajstić information content (AvgIpc) is 2.69. The van der Waals surface area contributed by atoms with E-state index in [9.17, 15) is 17.6 Å². The normalized spacial score (nSPS) is 12.1. The molecule has 3 aromatic rings. The number of amides is 1. The summed E-state index contributed by atoms with van der Waals surface area (Å²) >= 11 is 0. The number of ether oxygens (including phenoxy) is 1. The maximum atomic E-state index is 13.6. The van der Waals surface area contributed by atoms with Gasteiger partial charge in [0.2, 0.25) is 15.9 Å². The average molecular weight is 428 g/mol. The van der Waals surface area contributed by atoms with E-state index in [1.54, 1.807) is 36.4 Å². The number of rotatable bonds is 7. The van der Waals surface area contributed by atoms with Crippen LogP contribution in [0.1, 0.15) is 6.92 Å². The molecule has 6 nitrogen and oxygen atoms in total. The van der Waals surface area contributed by atoms with E-state index in [4.69, 9.17) is 4.74 Å². The van der Waals surface area contributed by atoms with Crippen LogP contribution >= 0.6 is 0 Å². The van der Waals surface area contributed by atoms with Crippen molar-refractivity contribution in [1.29, 1.82) is 0 Å². The van der Waals surface area contributed by atoms with Crippen molar-refractivity contribution in [2.75, 3.05) is 15.9 Å². The molecule has 8 heteroatoms. The summed E-state index contributed by atoms with van der Waals surface area (Å²) in [5, 5.41) is 2.70. The van der Waals surface area contributed by atoms with Crippen LogP contribution in [0.3, 0.4) is 0 Å². The Kier molecular flexibility index (Phi) is 6.37. The van der Waals surface area contributed by atoms with Gasteiger partial charge in [-0.3, -0.25) is 9.10 Å². The molecular formula is C22H21FN2O4S. The predicted octanol–water partition coefficient (Wildman–Crippen LogP) is 4.41. The molecule has 1 amide bonds. The monoisotopic (exact) mass is 428 g/mol. The number of carbonyl (C=O) groups excluding carboxylic acids is 1. The second kappa shape index (κ2) is 8.96. The van der Waals surface area contributed by atoms with Crippen molar-refractivity contribution in [2.24, 2.45) is 0 Å². The first-order valence-corrected chi connectivity index (χ1v) is 11.0. The smallest absolute Gasteiger partial charge is 0.248 e. The van der Waals surface area contributed by atoms with Crippen LogP contribution in [0.15, 0.2) is 78.9 Å². The van der Waals surface area contributed by atoms with Crippen molar-refractivity contribution in [3.8, 4) is 11.5 Å². The van der Waals surface area contributed by atoms with Crippen LogP contribution in [-0.4, -0.2) is 26.6 Å². The fraction of sp³-hybridized carbons (Fsp3) is 0.136. The highest BCUT2D eigenvalue weighted by atomic mass is 32.2. The lowest BCUT2D eigenvalue weighted by Gasteiger charge is -2.28. The van der Waals surface area contributed by atoms with E-state index < -0.39 is 27.8 Å². The lowest BCUT2D eigenvalue weighted by molar-refractivity contribution is -0.116. The van der Waals surface area contributed by atoms with Crippen molar-refractivity contribution in [1.82, 2.24) is 0 Å². The van der Waals surface area contributed by atoms with Crippen molar-refractivity contribution in [2.45, 2.75) is 13.0 Å². The van der Waals surface area contributed by atoms with Crippen molar-refractivity contribution < 1.29 is 22.3 Å². The maximum absolute atomic E-state index is 13.6. The third-order valence-electron chi connectivity index (χ3n) is 4.27. The van der Waals surface area contributed by atoms with Gasteiger partial charge in [0.15, 0.2) is 5.75 Å². The largest absolute Gasteiger partial charge is 0.455 e. The van der Waals surface area contributed by atoms with Gasteiger partial charge in [0.25, 0.3) is 0 Å². The summed E-state index contributed by atoms with van der Waals surface area (Å²) in [6.07, 6.45) is 0.966. The molecule has 0 aliphatic carbocycles. The topological polar surface area (TPSA) is 75.7 Å². The molecule has 0 fully saturated rings. The Labute approximate surface area is 175 Å². The Morgan fingerprint density at radius 1 is 1.00 bits per heavy atom. The summed E-state index contributed by atoms with van der Waals surface area (Å²) in [4.78, 5) is 12.9. The Morgan fingerprint density at radius 3 is 2.33 bits per heavy atom.